The molecule has 1 amide bonds. The monoisotopic (exact) mass is 290 g/mol. The van der Waals surface area contributed by atoms with Gasteiger partial charge in [0.1, 0.15) is 5.76 Å². The average Bonchev–Trinajstić information content (AvgIpc) is 2.94. The van der Waals surface area contributed by atoms with Gasteiger partial charge in [0.2, 0.25) is 5.91 Å². The van der Waals surface area contributed by atoms with Crippen molar-refractivity contribution in [2.75, 3.05) is 0 Å². The Morgan fingerprint density at radius 2 is 2.19 bits per heavy atom. The molecule has 114 valence electrons. The number of rotatable bonds is 7. The second-order valence-corrected chi connectivity index (χ2v) is 5.38. The molecule has 0 saturated carbocycles. The van der Waals surface area contributed by atoms with Gasteiger partial charge in [-0.05, 0) is 26.3 Å². The summed E-state index contributed by atoms with van der Waals surface area (Å²) in [4.78, 5) is 15.1. The summed E-state index contributed by atoms with van der Waals surface area (Å²) < 4.78 is 5.09. The highest BCUT2D eigenvalue weighted by Gasteiger charge is 2.34. The topological polar surface area (TPSA) is 89.3 Å². The number of aliphatic hydroxyl groups is 1. The van der Waals surface area contributed by atoms with Gasteiger partial charge in [-0.25, -0.2) is 4.98 Å². The molecule has 0 spiro atoms. The van der Waals surface area contributed by atoms with Crippen LogP contribution < -0.4 is 5.73 Å². The highest BCUT2D eigenvalue weighted by molar-refractivity contribution is 5.81. The molecule has 0 bridgehead atoms. The number of nitrogens with two attached hydrogens (primary N) is 1. The SMILES string of the molecule is C/C(=C/C=C/C=C/Cc1cnco1)[C@H](O)C(C)(C)C(N)=O. The van der Waals surface area contributed by atoms with Crippen molar-refractivity contribution < 1.29 is 14.3 Å². The number of carbonyl (C=O) groups is 1. The lowest BCUT2D eigenvalue weighted by Gasteiger charge is -2.27. The molecule has 1 atom stereocenters. The number of carbonyl (C=O) groups excluding carboxylic acids is 1. The van der Waals surface area contributed by atoms with Gasteiger partial charge in [-0.2, -0.15) is 0 Å². The predicted molar refractivity (Wildman–Crippen MR) is 81.2 cm³/mol. The zero-order valence-corrected chi connectivity index (χ0v) is 12.6. The number of amides is 1. The van der Waals surface area contributed by atoms with Crippen molar-refractivity contribution in [2.45, 2.75) is 33.3 Å². The lowest BCUT2D eigenvalue weighted by Crippen LogP contribution is -2.42. The molecule has 21 heavy (non-hydrogen) atoms. The molecule has 0 saturated heterocycles. The number of hydrogen-bond donors (Lipinski definition) is 2. The van der Waals surface area contributed by atoms with Gasteiger partial charge in [-0.3, -0.25) is 4.79 Å². The Kier molecular flexibility index (Phi) is 6.11. The Morgan fingerprint density at radius 1 is 1.48 bits per heavy atom. The lowest BCUT2D eigenvalue weighted by atomic mass is 9.82. The van der Waals surface area contributed by atoms with Crippen LogP contribution in [-0.2, 0) is 11.2 Å². The maximum atomic E-state index is 11.3. The van der Waals surface area contributed by atoms with Crippen LogP contribution in [0.4, 0.5) is 0 Å². The van der Waals surface area contributed by atoms with E-state index in [-0.39, 0.29) is 0 Å². The van der Waals surface area contributed by atoms with E-state index in [2.05, 4.69) is 4.98 Å². The minimum atomic E-state index is -0.990. The molecule has 1 aromatic rings. The smallest absolute Gasteiger partial charge is 0.226 e. The number of allylic oxidation sites excluding steroid dienone is 5. The average molecular weight is 290 g/mol. The largest absolute Gasteiger partial charge is 0.448 e. The third-order valence-corrected chi connectivity index (χ3v) is 3.27. The van der Waals surface area contributed by atoms with Gasteiger partial charge in [-0.1, -0.05) is 30.4 Å². The fraction of sp³-hybridized carbons (Fsp3) is 0.375. The summed E-state index contributed by atoms with van der Waals surface area (Å²) in [7, 11) is 0. The van der Waals surface area contributed by atoms with E-state index in [0.717, 1.165) is 5.76 Å². The summed E-state index contributed by atoms with van der Waals surface area (Å²) in [5, 5.41) is 10.1. The van der Waals surface area contributed by atoms with E-state index in [1.165, 1.54) is 6.39 Å². The van der Waals surface area contributed by atoms with Crippen LogP contribution in [0.3, 0.4) is 0 Å². The van der Waals surface area contributed by atoms with Crippen LogP contribution in [0.15, 0.2) is 53.0 Å². The van der Waals surface area contributed by atoms with Crippen molar-refractivity contribution in [1.82, 2.24) is 4.98 Å². The molecular formula is C16H22N2O3. The Labute approximate surface area is 124 Å². The summed E-state index contributed by atoms with van der Waals surface area (Å²) in [6.07, 6.45) is 12.0. The van der Waals surface area contributed by atoms with E-state index in [1.807, 2.05) is 18.2 Å². The van der Waals surface area contributed by atoms with Crippen LogP contribution in [0.5, 0.6) is 0 Å². The number of oxazole rings is 1. The number of hydrogen-bond acceptors (Lipinski definition) is 4. The van der Waals surface area contributed by atoms with Gasteiger partial charge in [0.15, 0.2) is 6.39 Å². The van der Waals surface area contributed by atoms with E-state index >= 15 is 0 Å². The minimum absolute atomic E-state index is 0.529. The summed E-state index contributed by atoms with van der Waals surface area (Å²) in [6.45, 7) is 5.01. The highest BCUT2D eigenvalue weighted by atomic mass is 16.3. The lowest BCUT2D eigenvalue weighted by molar-refractivity contribution is -0.130. The quantitative estimate of drug-likeness (QED) is 0.753. The summed E-state index contributed by atoms with van der Waals surface area (Å²) in [5.41, 5.74) is 4.97. The summed E-state index contributed by atoms with van der Waals surface area (Å²) in [5.74, 6) is 0.267. The van der Waals surface area contributed by atoms with Gasteiger partial charge >= 0.3 is 0 Å². The Bertz CT molecular complexity index is 540. The standard InChI is InChI=1S/C16H22N2O3/c1-12(14(19)16(2,3)15(17)20)8-6-4-5-7-9-13-10-18-11-21-13/h4-8,10-11,14,19H,9H2,1-3H3,(H2,17,20)/b6-4+,7-5+,12-8-/t14-/m0/s1. The molecule has 0 unspecified atom stereocenters. The third kappa shape index (κ3) is 5.04. The number of nitrogens with zero attached hydrogens (tertiary/aromatic N) is 1. The molecule has 0 aliphatic carbocycles. The fourth-order valence-corrected chi connectivity index (χ4v) is 1.67. The van der Waals surface area contributed by atoms with Crippen molar-refractivity contribution >= 4 is 5.91 Å². The van der Waals surface area contributed by atoms with Crippen molar-refractivity contribution in [1.29, 1.82) is 0 Å². The number of aromatic nitrogens is 1. The summed E-state index contributed by atoms with van der Waals surface area (Å²) in [6, 6.07) is 0. The molecule has 3 N–H and O–H groups in total. The number of primary amides is 1. The second-order valence-electron chi connectivity index (χ2n) is 5.38. The first-order valence-electron chi connectivity index (χ1n) is 6.71. The minimum Gasteiger partial charge on any atom is -0.448 e. The van der Waals surface area contributed by atoms with Crippen molar-refractivity contribution in [3.8, 4) is 0 Å². The molecule has 1 aromatic heterocycles. The molecule has 0 aliphatic heterocycles. The zero-order chi connectivity index (χ0) is 15.9. The molecule has 1 rings (SSSR count). The van der Waals surface area contributed by atoms with E-state index < -0.39 is 17.4 Å². The third-order valence-electron chi connectivity index (χ3n) is 3.27. The van der Waals surface area contributed by atoms with E-state index in [1.54, 1.807) is 39.1 Å². The van der Waals surface area contributed by atoms with Crippen LogP contribution in [0.25, 0.3) is 0 Å². The van der Waals surface area contributed by atoms with E-state index in [9.17, 15) is 9.90 Å². The van der Waals surface area contributed by atoms with Gasteiger partial charge in [0.25, 0.3) is 0 Å². The Balaban J connectivity index is 2.53. The Morgan fingerprint density at radius 3 is 2.76 bits per heavy atom. The van der Waals surface area contributed by atoms with Gasteiger partial charge < -0.3 is 15.3 Å². The van der Waals surface area contributed by atoms with Crippen LogP contribution in [0, 0.1) is 5.41 Å². The molecule has 0 radical (unpaired) electrons. The predicted octanol–water partition coefficient (Wildman–Crippen LogP) is 2.15. The second kappa shape index (κ2) is 7.59. The van der Waals surface area contributed by atoms with Crippen molar-refractivity contribution in [3.05, 3.63) is 54.3 Å². The number of aliphatic hydroxyl groups excluding tert-OH is 1. The van der Waals surface area contributed by atoms with Crippen molar-refractivity contribution in [2.24, 2.45) is 11.1 Å². The van der Waals surface area contributed by atoms with Crippen LogP contribution in [0.1, 0.15) is 26.5 Å². The first-order chi connectivity index (χ1) is 9.85. The molecule has 5 heteroatoms. The normalized spacial score (nSPS) is 15.0. The molecule has 5 nitrogen and oxygen atoms in total. The zero-order valence-electron chi connectivity index (χ0n) is 12.6. The molecule has 0 aromatic carbocycles. The fourth-order valence-electron chi connectivity index (χ4n) is 1.67. The van der Waals surface area contributed by atoms with Crippen LogP contribution in [0.2, 0.25) is 0 Å². The first-order valence-corrected chi connectivity index (χ1v) is 6.71. The van der Waals surface area contributed by atoms with E-state index in [4.69, 9.17) is 10.2 Å². The molecule has 0 fully saturated rings. The molecule has 1 heterocycles. The molecule has 0 aliphatic rings. The maximum absolute atomic E-state index is 11.3. The summed E-state index contributed by atoms with van der Waals surface area (Å²) >= 11 is 0. The van der Waals surface area contributed by atoms with Gasteiger partial charge in [0, 0.05) is 6.42 Å². The Hall–Kier alpha value is -2.14. The molecular weight excluding hydrogens is 268 g/mol. The van der Waals surface area contributed by atoms with Crippen LogP contribution >= 0.6 is 0 Å². The van der Waals surface area contributed by atoms with Gasteiger partial charge in [0.05, 0.1) is 17.7 Å². The van der Waals surface area contributed by atoms with Crippen molar-refractivity contribution in [3.63, 3.8) is 0 Å². The maximum Gasteiger partial charge on any atom is 0.226 e. The van der Waals surface area contributed by atoms with Gasteiger partial charge in [-0.15, -0.1) is 0 Å². The first kappa shape index (κ1) is 16.9. The van der Waals surface area contributed by atoms with Crippen LogP contribution in [-0.4, -0.2) is 22.1 Å². The van der Waals surface area contributed by atoms with E-state index in [0.29, 0.717) is 12.0 Å². The highest BCUT2D eigenvalue weighted by Crippen LogP contribution is 2.25.